The van der Waals surface area contributed by atoms with Crippen LogP contribution in [0.1, 0.15) is 51.3 Å². The van der Waals surface area contributed by atoms with E-state index in [9.17, 15) is 26.4 Å². The zero-order valence-corrected chi connectivity index (χ0v) is 26.1. The van der Waals surface area contributed by atoms with Crippen LogP contribution in [0.25, 0.3) is 22.4 Å². The number of amides is 1. The molecule has 1 unspecified atom stereocenters. The summed E-state index contributed by atoms with van der Waals surface area (Å²) in [6.45, 7) is 6.68. The summed E-state index contributed by atoms with van der Waals surface area (Å²) in [6, 6.07) is 6.89. The fraction of sp³-hybridized carbons (Fsp3) is 0.400. The summed E-state index contributed by atoms with van der Waals surface area (Å²) in [7, 11) is -4.10. The molecular weight excluding hydrogens is 619 g/mol. The van der Waals surface area contributed by atoms with Gasteiger partial charge in [-0.1, -0.05) is 29.3 Å². The van der Waals surface area contributed by atoms with Crippen LogP contribution in [0.3, 0.4) is 0 Å². The van der Waals surface area contributed by atoms with Crippen molar-refractivity contribution in [2.75, 3.05) is 6.54 Å². The second-order valence-corrected chi connectivity index (χ2v) is 14.1. The molecule has 0 bridgehead atoms. The third-order valence-electron chi connectivity index (χ3n) is 7.25. The molecule has 234 valence electrons. The fourth-order valence-corrected chi connectivity index (χ4v) is 6.57. The Morgan fingerprint density at radius 1 is 1.16 bits per heavy atom. The number of pyridine rings is 1. The Morgan fingerprint density at radius 3 is 2.55 bits per heavy atom. The van der Waals surface area contributed by atoms with E-state index in [1.54, 1.807) is 32.9 Å². The zero-order valence-electron chi connectivity index (χ0n) is 24.5. The normalized spacial score (nSPS) is 17.2. The molecule has 3 aromatic heterocycles. The van der Waals surface area contributed by atoms with E-state index in [0.29, 0.717) is 5.39 Å². The molecule has 1 aliphatic rings. The number of ether oxygens (including phenoxy) is 1. The number of rotatable bonds is 6. The van der Waals surface area contributed by atoms with Gasteiger partial charge >= 0.3 is 6.09 Å². The summed E-state index contributed by atoms with van der Waals surface area (Å²) in [5.41, 5.74) is 0.276. The minimum Gasteiger partial charge on any atom is -0.444 e. The molecule has 1 aromatic carbocycles. The monoisotopic (exact) mass is 649 g/mol. The molecular formula is C30H31ClF3N5O4S. The van der Waals surface area contributed by atoms with E-state index in [1.807, 2.05) is 6.92 Å². The first-order valence-corrected chi connectivity index (χ1v) is 15.7. The van der Waals surface area contributed by atoms with Crippen LogP contribution in [-0.4, -0.2) is 62.4 Å². The van der Waals surface area contributed by atoms with Crippen LogP contribution >= 0.6 is 11.6 Å². The topological polar surface area (TPSA) is 107 Å². The highest BCUT2D eigenvalue weighted by molar-refractivity contribution is 7.90. The number of benzene rings is 1. The van der Waals surface area contributed by atoms with E-state index in [0.717, 1.165) is 15.7 Å². The summed E-state index contributed by atoms with van der Waals surface area (Å²) >= 11 is 6.20. The molecule has 1 aliphatic heterocycles. The Kier molecular flexibility index (Phi) is 8.40. The van der Waals surface area contributed by atoms with Crippen LogP contribution in [-0.2, 0) is 21.2 Å². The highest BCUT2D eigenvalue weighted by Gasteiger charge is 2.43. The van der Waals surface area contributed by atoms with Crippen LogP contribution in [0.15, 0.2) is 53.8 Å². The third kappa shape index (κ3) is 6.68. The summed E-state index contributed by atoms with van der Waals surface area (Å²) in [5, 5.41) is 0.542. The molecule has 0 saturated carbocycles. The Hall–Kier alpha value is -3.71. The number of hydrogen-bond acceptors (Lipinski definition) is 7. The minimum atomic E-state index is -4.10. The number of halogens is 4. The van der Waals surface area contributed by atoms with Gasteiger partial charge in [0.2, 0.25) is 0 Å². The molecule has 5 rings (SSSR count). The van der Waals surface area contributed by atoms with Gasteiger partial charge in [-0.05, 0) is 58.7 Å². The van der Waals surface area contributed by atoms with E-state index in [2.05, 4.69) is 15.0 Å². The Bertz CT molecular complexity index is 1820. The number of carbonyl (C=O) groups excluding carboxylic acids is 1. The second-order valence-electron chi connectivity index (χ2n) is 11.8. The van der Waals surface area contributed by atoms with Crippen molar-refractivity contribution in [1.82, 2.24) is 23.8 Å². The maximum absolute atomic E-state index is 15.0. The van der Waals surface area contributed by atoms with Gasteiger partial charge in [-0.2, -0.15) is 0 Å². The average Bonchev–Trinajstić information content (AvgIpc) is 3.31. The van der Waals surface area contributed by atoms with Crippen LogP contribution in [0, 0.1) is 12.7 Å². The highest BCUT2D eigenvalue weighted by atomic mass is 35.5. The van der Waals surface area contributed by atoms with E-state index in [1.165, 1.54) is 35.5 Å². The lowest BCUT2D eigenvalue weighted by atomic mass is 9.94. The van der Waals surface area contributed by atoms with Crippen molar-refractivity contribution < 1.29 is 31.1 Å². The quantitative estimate of drug-likeness (QED) is 0.226. The van der Waals surface area contributed by atoms with Crippen LogP contribution in [0.4, 0.5) is 18.0 Å². The molecule has 44 heavy (non-hydrogen) atoms. The standard InChI is InChI=1S/C30H31ClF3N5O4S/c1-18-5-8-21(9-6-18)44(41,42)39-17-23(22-13-19(31)15-36-27(22)39)26-35-16-24(32)25(37-26)10-7-20-14-30(33,34)11-12-38(20)28(40)43-29(2,3)4/h5-6,8-9,13,15-17,20H,7,10-12,14H2,1-4H3. The number of alkyl halides is 2. The Labute approximate surface area is 258 Å². The number of carbonyl (C=O) groups is 1. The molecule has 1 amide bonds. The summed E-state index contributed by atoms with van der Waals surface area (Å²) in [5.74, 6) is -3.77. The molecule has 1 fully saturated rings. The van der Waals surface area contributed by atoms with Crippen LogP contribution in [0.2, 0.25) is 5.02 Å². The molecule has 1 saturated heterocycles. The molecule has 0 radical (unpaired) electrons. The number of likely N-dealkylation sites (tertiary alicyclic amines) is 1. The number of piperidine rings is 1. The average molecular weight is 650 g/mol. The first-order chi connectivity index (χ1) is 20.5. The van der Waals surface area contributed by atoms with Crippen molar-refractivity contribution in [3.63, 3.8) is 0 Å². The Morgan fingerprint density at radius 2 is 1.86 bits per heavy atom. The van der Waals surface area contributed by atoms with Crippen LogP contribution < -0.4 is 0 Å². The van der Waals surface area contributed by atoms with Gasteiger partial charge < -0.3 is 9.64 Å². The lowest BCUT2D eigenvalue weighted by Gasteiger charge is -2.39. The van der Waals surface area contributed by atoms with Crippen LogP contribution in [0.5, 0.6) is 0 Å². The molecule has 14 heteroatoms. The molecule has 9 nitrogen and oxygen atoms in total. The van der Waals surface area contributed by atoms with Crippen molar-refractivity contribution in [3.8, 4) is 11.4 Å². The maximum atomic E-state index is 15.0. The van der Waals surface area contributed by atoms with E-state index in [4.69, 9.17) is 16.3 Å². The smallest absolute Gasteiger partial charge is 0.410 e. The van der Waals surface area contributed by atoms with E-state index < -0.39 is 52.3 Å². The minimum absolute atomic E-state index is 0.00806. The number of aryl methyl sites for hydroxylation is 2. The van der Waals surface area contributed by atoms with Crippen molar-refractivity contribution >= 4 is 38.8 Å². The molecule has 0 N–H and O–H groups in total. The van der Waals surface area contributed by atoms with Gasteiger partial charge in [0, 0.05) is 48.8 Å². The van der Waals surface area contributed by atoms with Crippen molar-refractivity contribution in [2.45, 2.75) is 75.8 Å². The number of fused-ring (bicyclic) bond motifs is 1. The van der Waals surface area contributed by atoms with Gasteiger partial charge in [0.05, 0.1) is 21.8 Å². The van der Waals surface area contributed by atoms with Gasteiger partial charge in [0.1, 0.15) is 5.60 Å². The number of nitrogens with zero attached hydrogens (tertiary/aromatic N) is 5. The summed E-state index contributed by atoms with van der Waals surface area (Å²) in [4.78, 5) is 26.8. The first-order valence-electron chi connectivity index (χ1n) is 13.9. The van der Waals surface area contributed by atoms with Crippen molar-refractivity contribution in [1.29, 1.82) is 0 Å². The maximum Gasteiger partial charge on any atom is 0.410 e. The highest BCUT2D eigenvalue weighted by Crippen LogP contribution is 2.36. The molecule has 0 aliphatic carbocycles. The molecule has 4 aromatic rings. The zero-order chi connectivity index (χ0) is 32.0. The number of hydrogen-bond donors (Lipinski definition) is 0. The van der Waals surface area contributed by atoms with Gasteiger partial charge in [-0.25, -0.2) is 45.3 Å². The van der Waals surface area contributed by atoms with Crippen molar-refractivity contribution in [3.05, 3.63) is 71.0 Å². The van der Waals surface area contributed by atoms with Gasteiger partial charge in [0.15, 0.2) is 17.3 Å². The SMILES string of the molecule is Cc1ccc(S(=O)(=O)n2cc(-c3ncc(F)c(CCC4CC(F)(F)CCN4C(=O)OC(C)(C)C)n3)c3cc(Cl)cnc32)cc1. The molecule has 4 heterocycles. The summed E-state index contributed by atoms with van der Waals surface area (Å²) in [6.07, 6.45) is 1.62. The van der Waals surface area contributed by atoms with E-state index in [-0.39, 0.29) is 52.0 Å². The predicted molar refractivity (Wildman–Crippen MR) is 159 cm³/mol. The molecule has 1 atom stereocenters. The Balaban J connectivity index is 1.49. The first kappa shape index (κ1) is 31.7. The van der Waals surface area contributed by atoms with Crippen molar-refractivity contribution in [2.24, 2.45) is 0 Å². The molecule has 0 spiro atoms. The predicted octanol–water partition coefficient (Wildman–Crippen LogP) is 6.80. The largest absolute Gasteiger partial charge is 0.444 e. The number of aromatic nitrogens is 4. The lowest BCUT2D eigenvalue weighted by Crippen LogP contribution is -2.51. The van der Waals surface area contributed by atoms with Gasteiger partial charge in [-0.3, -0.25) is 0 Å². The van der Waals surface area contributed by atoms with Gasteiger partial charge in [-0.15, -0.1) is 0 Å². The van der Waals surface area contributed by atoms with E-state index >= 15 is 0 Å². The lowest BCUT2D eigenvalue weighted by molar-refractivity contribution is -0.0810. The van der Waals surface area contributed by atoms with Gasteiger partial charge in [0.25, 0.3) is 15.9 Å². The third-order valence-corrected chi connectivity index (χ3v) is 9.12. The second kappa shape index (κ2) is 11.7. The summed E-state index contributed by atoms with van der Waals surface area (Å²) < 4.78 is 77.4. The fourth-order valence-electron chi connectivity index (χ4n) is 5.09.